The number of nitrogens with zero attached hydrogens (tertiary/aromatic N) is 1. The summed E-state index contributed by atoms with van der Waals surface area (Å²) in [4.78, 5) is 0. The number of hydrogen-bond acceptors (Lipinski definition) is 4. The van der Waals surface area contributed by atoms with Gasteiger partial charge in [-0.1, -0.05) is 34.1 Å². The summed E-state index contributed by atoms with van der Waals surface area (Å²) in [6.45, 7) is 0.828. The Morgan fingerprint density at radius 2 is 1.86 bits per heavy atom. The van der Waals surface area contributed by atoms with Crippen molar-refractivity contribution in [2.24, 2.45) is 0 Å². The number of anilines is 1. The van der Waals surface area contributed by atoms with Crippen molar-refractivity contribution in [1.29, 1.82) is 0 Å². The maximum atomic E-state index is 5.47. The molecule has 118 valence electrons. The van der Waals surface area contributed by atoms with Crippen LogP contribution in [0.5, 0.6) is 11.5 Å². The predicted molar refractivity (Wildman–Crippen MR) is 98.3 cm³/mol. The van der Waals surface area contributed by atoms with Gasteiger partial charge in [0.2, 0.25) is 0 Å². The van der Waals surface area contributed by atoms with Crippen molar-refractivity contribution in [2.75, 3.05) is 24.4 Å². The van der Waals surface area contributed by atoms with Gasteiger partial charge in [0.1, 0.15) is 11.5 Å². The van der Waals surface area contributed by atoms with Crippen molar-refractivity contribution >= 4 is 33.6 Å². The highest BCUT2D eigenvalue weighted by Gasteiger charge is 2.20. The van der Waals surface area contributed by atoms with E-state index >= 15 is 0 Å². The van der Waals surface area contributed by atoms with Crippen molar-refractivity contribution in [3.05, 3.63) is 53.6 Å². The summed E-state index contributed by atoms with van der Waals surface area (Å²) >= 11 is 4.78. The first-order chi connectivity index (χ1) is 10.8. The van der Waals surface area contributed by atoms with Gasteiger partial charge in [-0.3, -0.25) is 0 Å². The highest BCUT2D eigenvalue weighted by atomic mass is 79.9. The Morgan fingerprint density at radius 3 is 2.59 bits per heavy atom. The van der Waals surface area contributed by atoms with Gasteiger partial charge < -0.3 is 13.8 Å². The van der Waals surface area contributed by atoms with Crippen LogP contribution in [0, 0.1) is 0 Å². The van der Waals surface area contributed by atoms with E-state index in [1.54, 1.807) is 14.2 Å². The Labute approximate surface area is 144 Å². The van der Waals surface area contributed by atoms with Crippen LogP contribution in [0.25, 0.3) is 0 Å². The molecule has 0 radical (unpaired) electrons. The maximum Gasteiger partial charge on any atom is 0.127 e. The topological polar surface area (TPSA) is 21.7 Å². The molecular formula is C17H20BrNO2S. The Bertz CT molecular complexity index is 621. The van der Waals surface area contributed by atoms with Crippen LogP contribution in [0.4, 0.5) is 5.69 Å². The van der Waals surface area contributed by atoms with Gasteiger partial charge in [-0.15, -0.1) is 0 Å². The second kappa shape index (κ2) is 8.34. The first-order valence-corrected chi connectivity index (χ1v) is 9.41. The highest BCUT2D eigenvalue weighted by Crippen LogP contribution is 2.39. The van der Waals surface area contributed by atoms with Crippen LogP contribution < -0.4 is 13.8 Å². The minimum atomic E-state index is 0.820. The molecule has 1 aliphatic rings. The Morgan fingerprint density at radius 1 is 1.09 bits per heavy atom. The summed E-state index contributed by atoms with van der Waals surface area (Å²) in [6, 6.07) is 14.5. The molecule has 0 saturated carbocycles. The largest absolute Gasteiger partial charge is 0.497 e. The van der Waals surface area contributed by atoms with Crippen molar-refractivity contribution < 1.29 is 9.47 Å². The molecule has 0 atom stereocenters. The molecule has 2 aromatic rings. The average Bonchev–Trinajstić information content (AvgIpc) is 3.00. The van der Waals surface area contributed by atoms with Crippen LogP contribution in [-0.4, -0.2) is 20.1 Å². The summed E-state index contributed by atoms with van der Waals surface area (Å²) in [5.74, 6) is 4.54. The minimum absolute atomic E-state index is 0.820. The van der Waals surface area contributed by atoms with Crippen molar-refractivity contribution in [3.8, 4) is 11.5 Å². The molecular weight excluding hydrogens is 362 g/mol. The highest BCUT2D eigenvalue weighted by molar-refractivity contribution is 9.08. The van der Waals surface area contributed by atoms with Crippen LogP contribution in [0.1, 0.15) is 11.1 Å². The Balaban J connectivity index is 0.000000847. The van der Waals surface area contributed by atoms with E-state index < -0.39 is 0 Å². The number of methoxy groups -OCH3 is 2. The summed E-state index contributed by atoms with van der Waals surface area (Å²) < 4.78 is 13.0. The lowest BCUT2D eigenvalue weighted by molar-refractivity contribution is 0.391. The zero-order chi connectivity index (χ0) is 15.9. The molecule has 2 aromatic carbocycles. The van der Waals surface area contributed by atoms with Crippen LogP contribution in [0.15, 0.2) is 42.5 Å². The normalized spacial score (nSPS) is 12.3. The summed E-state index contributed by atoms with van der Waals surface area (Å²) in [5.41, 5.74) is 3.86. The van der Waals surface area contributed by atoms with Gasteiger partial charge in [0.15, 0.2) is 0 Å². The number of hydrogen-bond donors (Lipinski definition) is 0. The number of benzene rings is 2. The van der Waals surface area contributed by atoms with Gasteiger partial charge in [-0.05, 0) is 41.5 Å². The molecule has 0 spiro atoms. The van der Waals surface area contributed by atoms with Gasteiger partial charge >= 0.3 is 0 Å². The van der Waals surface area contributed by atoms with E-state index in [2.05, 4.69) is 50.6 Å². The Hall–Kier alpha value is -1.33. The lowest BCUT2D eigenvalue weighted by Gasteiger charge is -2.19. The van der Waals surface area contributed by atoms with Crippen molar-refractivity contribution in [3.63, 3.8) is 0 Å². The monoisotopic (exact) mass is 381 g/mol. The van der Waals surface area contributed by atoms with Gasteiger partial charge in [0.25, 0.3) is 0 Å². The smallest absolute Gasteiger partial charge is 0.127 e. The van der Waals surface area contributed by atoms with E-state index in [9.17, 15) is 0 Å². The van der Waals surface area contributed by atoms with Crippen LogP contribution in [0.3, 0.4) is 0 Å². The van der Waals surface area contributed by atoms with Crippen LogP contribution in [0.2, 0.25) is 0 Å². The molecule has 1 heterocycles. The van der Waals surface area contributed by atoms with Gasteiger partial charge in [-0.2, -0.15) is 0 Å². The van der Waals surface area contributed by atoms with E-state index in [4.69, 9.17) is 9.47 Å². The molecule has 0 N–H and O–H groups in total. The van der Waals surface area contributed by atoms with E-state index in [1.165, 1.54) is 11.3 Å². The quantitative estimate of drug-likeness (QED) is 0.555. The van der Waals surface area contributed by atoms with E-state index in [0.717, 1.165) is 29.4 Å². The molecule has 0 unspecified atom stereocenters. The van der Waals surface area contributed by atoms with E-state index in [-0.39, 0.29) is 0 Å². The molecule has 0 saturated heterocycles. The van der Waals surface area contributed by atoms with Gasteiger partial charge in [0, 0.05) is 17.4 Å². The number of ether oxygens (including phenoxy) is 2. The second-order valence-corrected chi connectivity index (χ2v) is 5.60. The zero-order valence-electron chi connectivity index (χ0n) is 13.0. The third kappa shape index (κ3) is 3.70. The Kier molecular flexibility index (Phi) is 6.46. The molecule has 0 aliphatic carbocycles. The fourth-order valence-corrected chi connectivity index (χ4v) is 3.45. The molecule has 3 rings (SSSR count). The third-order valence-electron chi connectivity index (χ3n) is 3.44. The number of alkyl halides is 1. The lowest BCUT2D eigenvalue weighted by atomic mass is 10.1. The second-order valence-electron chi connectivity index (χ2n) is 4.62. The number of halogens is 1. The molecule has 1 aliphatic heterocycles. The third-order valence-corrected chi connectivity index (χ3v) is 4.52. The van der Waals surface area contributed by atoms with Gasteiger partial charge in [0.05, 0.1) is 26.5 Å². The first kappa shape index (κ1) is 17.0. The summed E-state index contributed by atoms with van der Waals surface area (Å²) in [6.07, 6.45) is 0. The molecule has 0 amide bonds. The minimum Gasteiger partial charge on any atom is -0.497 e. The van der Waals surface area contributed by atoms with Crippen LogP contribution in [-0.2, 0) is 12.3 Å². The standard InChI is InChI=1S/C16H17NO2S.CH3Br/c1-18-14-8-7-12(16(9-14)19-2)10-17-15-6-4-3-5-13(15)11-20-17;1-2/h3-9H,10-11H2,1-2H3;1H3. The van der Waals surface area contributed by atoms with Crippen molar-refractivity contribution in [2.45, 2.75) is 12.3 Å². The van der Waals surface area contributed by atoms with Gasteiger partial charge in [-0.25, -0.2) is 0 Å². The van der Waals surface area contributed by atoms with E-state index in [1.807, 2.05) is 29.9 Å². The fourth-order valence-electron chi connectivity index (χ4n) is 2.36. The molecule has 5 heteroatoms. The van der Waals surface area contributed by atoms with Crippen molar-refractivity contribution in [1.82, 2.24) is 0 Å². The fraction of sp³-hybridized carbons (Fsp3) is 0.294. The first-order valence-electron chi connectivity index (χ1n) is 6.89. The van der Waals surface area contributed by atoms with Crippen LogP contribution >= 0.6 is 27.9 Å². The number of fused-ring (bicyclic) bond motifs is 1. The molecule has 0 bridgehead atoms. The molecule has 3 nitrogen and oxygen atoms in total. The molecule has 22 heavy (non-hydrogen) atoms. The molecule has 0 fully saturated rings. The zero-order valence-corrected chi connectivity index (χ0v) is 15.4. The SMILES string of the molecule is CBr.COc1ccc(CN2SCc3ccccc32)c(OC)c1. The number of rotatable bonds is 4. The number of para-hydroxylation sites is 1. The summed E-state index contributed by atoms with van der Waals surface area (Å²) in [5, 5.41) is 0. The van der Waals surface area contributed by atoms with E-state index in [0.29, 0.717) is 0 Å². The molecule has 0 aromatic heterocycles. The summed E-state index contributed by atoms with van der Waals surface area (Å²) in [7, 11) is 3.37. The predicted octanol–water partition coefficient (Wildman–Crippen LogP) is 4.88. The lowest BCUT2D eigenvalue weighted by Crippen LogP contribution is -2.11. The average molecular weight is 382 g/mol. The maximum absolute atomic E-state index is 5.47.